The van der Waals surface area contributed by atoms with Crippen molar-refractivity contribution >= 4 is 37.5 Å². The quantitative estimate of drug-likeness (QED) is 0.380. The van der Waals surface area contributed by atoms with Gasteiger partial charge in [-0.2, -0.15) is 5.10 Å². The molecule has 1 aromatic heterocycles. The summed E-state index contributed by atoms with van der Waals surface area (Å²) >= 11 is 6.98. The first-order valence-electron chi connectivity index (χ1n) is 6.29. The summed E-state index contributed by atoms with van der Waals surface area (Å²) in [5.41, 5.74) is 11.3. The molecule has 2 aromatic rings. The van der Waals surface area contributed by atoms with E-state index in [1.165, 1.54) is 0 Å². The van der Waals surface area contributed by atoms with E-state index in [1.54, 1.807) is 13.3 Å². The van der Waals surface area contributed by atoms with Crippen molar-refractivity contribution in [2.75, 3.05) is 19.5 Å². The van der Waals surface area contributed by atoms with Gasteiger partial charge in [-0.15, -0.1) is 0 Å². The van der Waals surface area contributed by atoms with Gasteiger partial charge in [-0.25, -0.2) is 5.43 Å². The Morgan fingerprint density at radius 2 is 2.19 bits per heavy atom. The number of hydrazine groups is 1. The maximum absolute atomic E-state index is 6.09. The Kier molecular flexibility index (Phi) is 5.77. The molecule has 8 heteroatoms. The third-order valence-electron chi connectivity index (χ3n) is 3.14. The molecule has 0 aliphatic carbocycles. The molecule has 0 fully saturated rings. The molecule has 114 valence electrons. The lowest BCUT2D eigenvalue weighted by Gasteiger charge is -2.20. The number of nitrogens with zero attached hydrogens (tertiary/aromatic N) is 2. The predicted octanol–water partition coefficient (Wildman–Crippen LogP) is 2.19. The topological polar surface area (TPSA) is 91.1 Å². The maximum Gasteiger partial charge on any atom is 0.0910 e. The number of rotatable bonds is 6. The predicted molar refractivity (Wildman–Crippen MR) is 89.5 cm³/mol. The van der Waals surface area contributed by atoms with Crippen molar-refractivity contribution in [2.24, 2.45) is 5.84 Å². The fourth-order valence-electron chi connectivity index (χ4n) is 2.13. The van der Waals surface area contributed by atoms with E-state index in [4.69, 9.17) is 16.3 Å². The zero-order valence-corrected chi connectivity index (χ0v) is 14.7. The second-order valence-electron chi connectivity index (χ2n) is 4.47. The smallest absolute Gasteiger partial charge is 0.0910 e. The van der Waals surface area contributed by atoms with Gasteiger partial charge in [-0.3, -0.25) is 10.5 Å². The van der Waals surface area contributed by atoms with Crippen LogP contribution in [0.15, 0.2) is 33.3 Å². The average molecular weight is 419 g/mol. The minimum Gasteiger partial charge on any atom is -0.398 e. The number of nitrogen functional groups attached to an aromatic ring is 1. The van der Waals surface area contributed by atoms with E-state index in [2.05, 4.69) is 42.4 Å². The highest BCUT2D eigenvalue weighted by atomic mass is 79.9. The molecule has 1 aromatic carbocycles. The number of methoxy groups -OCH3 is 1. The van der Waals surface area contributed by atoms with Crippen LogP contribution in [0.2, 0.25) is 0 Å². The van der Waals surface area contributed by atoms with Gasteiger partial charge in [0.15, 0.2) is 0 Å². The Labute approximate surface area is 140 Å². The van der Waals surface area contributed by atoms with E-state index in [-0.39, 0.29) is 6.04 Å². The SMILES string of the molecule is COCCn1ncc(Br)c1C(NN)c1cc(Br)ccc1N. The van der Waals surface area contributed by atoms with Gasteiger partial charge in [0.25, 0.3) is 0 Å². The van der Waals surface area contributed by atoms with E-state index < -0.39 is 0 Å². The van der Waals surface area contributed by atoms with E-state index in [1.807, 2.05) is 22.9 Å². The van der Waals surface area contributed by atoms with Crippen molar-refractivity contribution in [1.82, 2.24) is 15.2 Å². The van der Waals surface area contributed by atoms with Crippen molar-refractivity contribution in [3.05, 3.63) is 44.6 Å². The molecule has 0 aliphatic heterocycles. The molecule has 0 radical (unpaired) electrons. The lowest BCUT2D eigenvalue weighted by atomic mass is 10.0. The van der Waals surface area contributed by atoms with Gasteiger partial charge in [-0.05, 0) is 34.1 Å². The monoisotopic (exact) mass is 417 g/mol. The lowest BCUT2D eigenvalue weighted by molar-refractivity contribution is 0.182. The van der Waals surface area contributed by atoms with Crippen LogP contribution in [0.25, 0.3) is 0 Å². The number of halogens is 2. The number of hydrogen-bond acceptors (Lipinski definition) is 5. The zero-order chi connectivity index (χ0) is 15.4. The summed E-state index contributed by atoms with van der Waals surface area (Å²) in [6.07, 6.45) is 1.74. The fourth-order valence-corrected chi connectivity index (χ4v) is 3.03. The number of nitrogens with one attached hydrogen (secondary N) is 1. The summed E-state index contributed by atoms with van der Waals surface area (Å²) in [4.78, 5) is 0. The molecule has 0 spiro atoms. The molecule has 5 N–H and O–H groups in total. The van der Waals surface area contributed by atoms with E-state index >= 15 is 0 Å². The molecule has 2 rings (SSSR count). The lowest BCUT2D eigenvalue weighted by Crippen LogP contribution is -2.32. The zero-order valence-electron chi connectivity index (χ0n) is 11.5. The summed E-state index contributed by atoms with van der Waals surface area (Å²) in [5, 5.41) is 4.34. The van der Waals surface area contributed by atoms with Gasteiger partial charge in [0.05, 0.1) is 35.6 Å². The van der Waals surface area contributed by atoms with Crippen LogP contribution in [-0.2, 0) is 11.3 Å². The third kappa shape index (κ3) is 3.64. The molecular formula is C13H17Br2N5O. The fraction of sp³-hybridized carbons (Fsp3) is 0.308. The Bertz CT molecular complexity index is 617. The molecule has 1 heterocycles. The van der Waals surface area contributed by atoms with Crippen LogP contribution in [0.1, 0.15) is 17.3 Å². The van der Waals surface area contributed by atoms with Crippen LogP contribution < -0.4 is 17.0 Å². The largest absolute Gasteiger partial charge is 0.398 e. The van der Waals surface area contributed by atoms with Crippen molar-refractivity contribution in [3.8, 4) is 0 Å². The molecule has 1 unspecified atom stereocenters. The van der Waals surface area contributed by atoms with Crippen LogP contribution in [0, 0.1) is 0 Å². The number of anilines is 1. The minimum absolute atomic E-state index is 0.281. The molecule has 0 aliphatic rings. The van der Waals surface area contributed by atoms with Crippen LogP contribution in [0.5, 0.6) is 0 Å². The van der Waals surface area contributed by atoms with Gasteiger partial charge in [0.2, 0.25) is 0 Å². The van der Waals surface area contributed by atoms with E-state index in [0.29, 0.717) is 18.8 Å². The van der Waals surface area contributed by atoms with Crippen molar-refractivity contribution < 1.29 is 4.74 Å². The molecule has 0 saturated carbocycles. The first-order valence-corrected chi connectivity index (χ1v) is 7.88. The van der Waals surface area contributed by atoms with Crippen molar-refractivity contribution in [3.63, 3.8) is 0 Å². The molecule has 0 bridgehead atoms. The number of hydrogen-bond donors (Lipinski definition) is 3. The highest BCUT2D eigenvalue weighted by molar-refractivity contribution is 9.10. The normalized spacial score (nSPS) is 12.6. The number of ether oxygens (including phenoxy) is 1. The maximum atomic E-state index is 6.09. The van der Waals surface area contributed by atoms with Crippen LogP contribution >= 0.6 is 31.9 Å². The molecule has 21 heavy (non-hydrogen) atoms. The Morgan fingerprint density at radius 1 is 1.43 bits per heavy atom. The van der Waals surface area contributed by atoms with Crippen LogP contribution in [0.3, 0.4) is 0 Å². The Balaban J connectivity index is 2.46. The second-order valence-corrected chi connectivity index (χ2v) is 6.24. The molecular weight excluding hydrogens is 402 g/mol. The summed E-state index contributed by atoms with van der Waals surface area (Å²) in [7, 11) is 1.66. The van der Waals surface area contributed by atoms with Gasteiger partial charge in [-0.1, -0.05) is 15.9 Å². The average Bonchev–Trinajstić information content (AvgIpc) is 2.83. The van der Waals surface area contributed by atoms with E-state index in [0.717, 1.165) is 20.2 Å². The van der Waals surface area contributed by atoms with Gasteiger partial charge >= 0.3 is 0 Å². The first-order chi connectivity index (χ1) is 10.1. The van der Waals surface area contributed by atoms with Gasteiger partial charge < -0.3 is 10.5 Å². The molecule has 6 nitrogen and oxygen atoms in total. The van der Waals surface area contributed by atoms with Crippen LogP contribution in [0.4, 0.5) is 5.69 Å². The van der Waals surface area contributed by atoms with Crippen molar-refractivity contribution in [1.29, 1.82) is 0 Å². The highest BCUT2D eigenvalue weighted by Crippen LogP contribution is 2.32. The Hall–Kier alpha value is -0.930. The van der Waals surface area contributed by atoms with Crippen molar-refractivity contribution in [2.45, 2.75) is 12.6 Å². The minimum atomic E-state index is -0.281. The third-order valence-corrected chi connectivity index (χ3v) is 4.24. The first kappa shape index (κ1) is 16.4. The number of benzene rings is 1. The molecule has 0 amide bonds. The second kappa shape index (κ2) is 7.37. The highest BCUT2D eigenvalue weighted by Gasteiger charge is 2.23. The number of aromatic nitrogens is 2. The Morgan fingerprint density at radius 3 is 2.86 bits per heavy atom. The standard InChI is InChI=1S/C13H17Br2N5O/c1-21-5-4-20-13(10(15)7-18-20)12(19-17)9-6-8(14)2-3-11(9)16/h2-3,6-7,12,19H,4-5,16-17H2,1H3. The van der Waals surface area contributed by atoms with Crippen LogP contribution in [-0.4, -0.2) is 23.5 Å². The summed E-state index contributed by atoms with van der Waals surface area (Å²) in [6, 6.07) is 5.40. The number of nitrogens with two attached hydrogens (primary N) is 2. The molecule has 0 saturated heterocycles. The molecule has 1 atom stereocenters. The summed E-state index contributed by atoms with van der Waals surface area (Å²) < 4.78 is 8.76. The van der Waals surface area contributed by atoms with Gasteiger partial charge in [0.1, 0.15) is 0 Å². The van der Waals surface area contributed by atoms with Gasteiger partial charge in [0, 0.05) is 22.8 Å². The summed E-state index contributed by atoms with van der Waals surface area (Å²) in [5.74, 6) is 5.77. The van der Waals surface area contributed by atoms with E-state index in [9.17, 15) is 0 Å². The summed E-state index contributed by atoms with van der Waals surface area (Å²) in [6.45, 7) is 1.19.